The Labute approximate surface area is 180 Å². The van der Waals surface area contributed by atoms with Crippen molar-refractivity contribution in [1.29, 1.82) is 0 Å². The van der Waals surface area contributed by atoms with Crippen LogP contribution in [0.15, 0.2) is 47.4 Å². The number of hydrogen-bond acceptors (Lipinski definition) is 4. The van der Waals surface area contributed by atoms with Crippen molar-refractivity contribution >= 4 is 21.6 Å². The van der Waals surface area contributed by atoms with Gasteiger partial charge in [-0.25, -0.2) is 12.7 Å². The van der Waals surface area contributed by atoms with Crippen LogP contribution in [-0.4, -0.2) is 63.8 Å². The second-order valence-electron chi connectivity index (χ2n) is 8.02. The summed E-state index contributed by atoms with van der Waals surface area (Å²) in [5.41, 5.74) is 4.82. The summed E-state index contributed by atoms with van der Waals surface area (Å²) >= 11 is 0. The van der Waals surface area contributed by atoms with Gasteiger partial charge in [0.2, 0.25) is 15.9 Å². The van der Waals surface area contributed by atoms with Crippen LogP contribution < -0.4 is 4.90 Å². The summed E-state index contributed by atoms with van der Waals surface area (Å²) in [5, 5.41) is 0. The fourth-order valence-corrected chi connectivity index (χ4v) is 4.62. The molecule has 0 N–H and O–H groups in total. The zero-order valence-corrected chi connectivity index (χ0v) is 19.1. The lowest BCUT2D eigenvalue weighted by molar-refractivity contribution is -0.131. The normalized spacial score (nSPS) is 15.0. The van der Waals surface area contributed by atoms with Crippen LogP contribution in [0.4, 0.5) is 5.69 Å². The van der Waals surface area contributed by atoms with E-state index in [0.29, 0.717) is 12.8 Å². The molecule has 2 aromatic carbocycles. The van der Waals surface area contributed by atoms with E-state index in [-0.39, 0.29) is 10.8 Å². The number of sulfonamides is 1. The summed E-state index contributed by atoms with van der Waals surface area (Å²) in [7, 11) is -0.391. The molecule has 30 heavy (non-hydrogen) atoms. The number of piperazine rings is 1. The van der Waals surface area contributed by atoms with Crippen molar-refractivity contribution < 1.29 is 13.2 Å². The Bertz CT molecular complexity index is 993. The second-order valence-corrected chi connectivity index (χ2v) is 10.2. The molecule has 0 atom stereocenters. The maximum atomic E-state index is 12.7. The van der Waals surface area contributed by atoms with Gasteiger partial charge in [0.15, 0.2) is 0 Å². The minimum Gasteiger partial charge on any atom is -0.368 e. The predicted octanol–water partition coefficient (Wildman–Crippen LogP) is 2.84. The minimum atomic E-state index is -3.42. The van der Waals surface area contributed by atoms with Gasteiger partial charge in [-0.3, -0.25) is 4.79 Å². The van der Waals surface area contributed by atoms with Crippen LogP contribution in [0.2, 0.25) is 0 Å². The molecule has 0 aliphatic carbocycles. The predicted molar refractivity (Wildman–Crippen MR) is 120 cm³/mol. The number of benzene rings is 2. The molecule has 1 fully saturated rings. The topological polar surface area (TPSA) is 60.9 Å². The number of anilines is 1. The summed E-state index contributed by atoms with van der Waals surface area (Å²) in [6.45, 7) is 7.41. The molecule has 1 aliphatic heterocycles. The average Bonchev–Trinajstić information content (AvgIpc) is 2.74. The Kier molecular flexibility index (Phi) is 6.83. The number of carbonyl (C=O) groups excluding carboxylic acids is 1. The average molecular weight is 430 g/mol. The van der Waals surface area contributed by atoms with Crippen molar-refractivity contribution in [3.05, 3.63) is 59.2 Å². The fourth-order valence-electron chi connectivity index (χ4n) is 3.72. The quantitative estimate of drug-likeness (QED) is 0.709. The van der Waals surface area contributed by atoms with Crippen molar-refractivity contribution in [2.75, 3.05) is 45.2 Å². The standard InChI is InChI=1S/C23H31N3O3S/c1-18-6-5-7-22(19(18)2)25-14-16-26(17-15-25)23(27)13-10-20-8-11-21(12-9-20)30(28,29)24(3)4/h5-9,11-12H,10,13-17H2,1-4H3. The van der Waals surface area contributed by atoms with Gasteiger partial charge in [-0.1, -0.05) is 24.3 Å². The summed E-state index contributed by atoms with van der Waals surface area (Å²) in [6, 6.07) is 13.2. The van der Waals surface area contributed by atoms with E-state index < -0.39 is 10.0 Å². The monoisotopic (exact) mass is 429 g/mol. The molecule has 162 valence electrons. The maximum Gasteiger partial charge on any atom is 0.242 e. The largest absolute Gasteiger partial charge is 0.368 e. The summed E-state index contributed by atoms with van der Waals surface area (Å²) < 4.78 is 25.5. The van der Waals surface area contributed by atoms with Crippen LogP contribution in [0, 0.1) is 13.8 Å². The Morgan fingerprint density at radius 2 is 1.60 bits per heavy atom. The van der Waals surface area contributed by atoms with E-state index in [1.165, 1.54) is 35.2 Å². The van der Waals surface area contributed by atoms with E-state index in [1.54, 1.807) is 24.3 Å². The number of hydrogen-bond donors (Lipinski definition) is 0. The highest BCUT2D eigenvalue weighted by molar-refractivity contribution is 7.89. The number of aryl methyl sites for hydroxylation is 2. The van der Waals surface area contributed by atoms with Crippen LogP contribution in [0.5, 0.6) is 0 Å². The fraction of sp³-hybridized carbons (Fsp3) is 0.435. The summed E-state index contributed by atoms with van der Waals surface area (Å²) in [5.74, 6) is 0.153. The van der Waals surface area contributed by atoms with Gasteiger partial charge in [0.05, 0.1) is 4.90 Å². The number of rotatable bonds is 6. The van der Waals surface area contributed by atoms with Crippen LogP contribution in [-0.2, 0) is 21.2 Å². The van der Waals surface area contributed by atoms with E-state index in [2.05, 4.69) is 36.9 Å². The first kappa shape index (κ1) is 22.3. The third-order valence-electron chi connectivity index (χ3n) is 5.88. The lowest BCUT2D eigenvalue weighted by Crippen LogP contribution is -2.49. The van der Waals surface area contributed by atoms with Crippen LogP contribution in [0.1, 0.15) is 23.1 Å². The van der Waals surface area contributed by atoms with Gasteiger partial charge in [-0.05, 0) is 55.2 Å². The molecule has 0 bridgehead atoms. The maximum absolute atomic E-state index is 12.7. The molecule has 6 nitrogen and oxygen atoms in total. The van der Waals surface area contributed by atoms with Gasteiger partial charge in [0, 0.05) is 52.4 Å². The lowest BCUT2D eigenvalue weighted by Gasteiger charge is -2.37. The van der Waals surface area contributed by atoms with Crippen LogP contribution in [0.25, 0.3) is 0 Å². The molecule has 0 radical (unpaired) electrons. The molecule has 2 aromatic rings. The lowest BCUT2D eigenvalue weighted by atomic mass is 10.1. The molecule has 0 saturated carbocycles. The SMILES string of the molecule is Cc1cccc(N2CCN(C(=O)CCc3ccc(S(=O)(=O)N(C)C)cc3)CC2)c1C. The van der Waals surface area contributed by atoms with Gasteiger partial charge < -0.3 is 9.80 Å². The smallest absolute Gasteiger partial charge is 0.242 e. The second kappa shape index (κ2) is 9.18. The van der Waals surface area contributed by atoms with Crippen molar-refractivity contribution in [2.24, 2.45) is 0 Å². The van der Waals surface area contributed by atoms with Crippen molar-refractivity contribution in [3.8, 4) is 0 Å². The van der Waals surface area contributed by atoms with E-state index in [0.717, 1.165) is 31.7 Å². The highest BCUT2D eigenvalue weighted by atomic mass is 32.2. The molecule has 1 saturated heterocycles. The first-order valence-corrected chi connectivity index (χ1v) is 11.7. The first-order chi connectivity index (χ1) is 14.2. The molecule has 1 heterocycles. The van der Waals surface area contributed by atoms with E-state index >= 15 is 0 Å². The van der Waals surface area contributed by atoms with Crippen LogP contribution in [0.3, 0.4) is 0 Å². The molecule has 0 unspecified atom stereocenters. The van der Waals surface area contributed by atoms with Gasteiger partial charge in [-0.2, -0.15) is 0 Å². The van der Waals surface area contributed by atoms with Gasteiger partial charge >= 0.3 is 0 Å². The Morgan fingerprint density at radius 3 is 2.20 bits per heavy atom. The van der Waals surface area contributed by atoms with E-state index in [9.17, 15) is 13.2 Å². The van der Waals surface area contributed by atoms with E-state index in [4.69, 9.17) is 0 Å². The molecule has 0 aromatic heterocycles. The number of nitrogens with zero attached hydrogens (tertiary/aromatic N) is 3. The Morgan fingerprint density at radius 1 is 0.967 bits per heavy atom. The zero-order chi connectivity index (χ0) is 21.9. The number of amides is 1. The first-order valence-electron chi connectivity index (χ1n) is 10.3. The third-order valence-corrected chi connectivity index (χ3v) is 7.71. The van der Waals surface area contributed by atoms with E-state index in [1.807, 2.05) is 4.90 Å². The minimum absolute atomic E-state index is 0.153. The van der Waals surface area contributed by atoms with Gasteiger partial charge in [-0.15, -0.1) is 0 Å². The molecule has 1 amide bonds. The molecule has 7 heteroatoms. The van der Waals surface area contributed by atoms with Gasteiger partial charge in [0.1, 0.15) is 0 Å². The van der Waals surface area contributed by atoms with Crippen molar-refractivity contribution in [1.82, 2.24) is 9.21 Å². The van der Waals surface area contributed by atoms with Crippen LogP contribution >= 0.6 is 0 Å². The highest BCUT2D eigenvalue weighted by Gasteiger charge is 2.22. The summed E-state index contributed by atoms with van der Waals surface area (Å²) in [6.07, 6.45) is 1.04. The van der Waals surface area contributed by atoms with Gasteiger partial charge in [0.25, 0.3) is 0 Å². The van der Waals surface area contributed by atoms with Crippen molar-refractivity contribution in [3.63, 3.8) is 0 Å². The third kappa shape index (κ3) is 4.84. The molecule has 1 aliphatic rings. The Balaban J connectivity index is 1.52. The number of carbonyl (C=O) groups is 1. The van der Waals surface area contributed by atoms with Crippen molar-refractivity contribution in [2.45, 2.75) is 31.6 Å². The summed E-state index contributed by atoms with van der Waals surface area (Å²) in [4.78, 5) is 17.2. The molecular weight excluding hydrogens is 398 g/mol. The molecule has 0 spiro atoms. The zero-order valence-electron chi connectivity index (χ0n) is 18.3. The Hall–Kier alpha value is -2.38. The molecule has 3 rings (SSSR count). The molecular formula is C23H31N3O3S. The highest BCUT2D eigenvalue weighted by Crippen LogP contribution is 2.24.